The van der Waals surface area contributed by atoms with Crippen molar-refractivity contribution in [2.75, 3.05) is 13.1 Å². The molecular weight excluding hydrogens is 444 g/mol. The molecule has 2 aromatic rings. The summed E-state index contributed by atoms with van der Waals surface area (Å²) in [6, 6.07) is 3.16. The van der Waals surface area contributed by atoms with Crippen molar-refractivity contribution in [3.8, 4) is 5.75 Å². The predicted molar refractivity (Wildman–Crippen MR) is 119 cm³/mol. The van der Waals surface area contributed by atoms with Gasteiger partial charge in [0, 0.05) is 31.3 Å². The van der Waals surface area contributed by atoms with E-state index in [0.717, 1.165) is 0 Å². The number of carbonyl (C=O) groups excluding carboxylic acids is 3. The topological polar surface area (TPSA) is 191 Å². The monoisotopic (exact) mass is 472 g/mol. The van der Waals surface area contributed by atoms with Gasteiger partial charge in [0.1, 0.15) is 17.8 Å². The number of aromatic hydroxyl groups is 1. The highest BCUT2D eigenvalue weighted by atomic mass is 16.4. The number of aliphatic carboxylic acids is 1. The molecule has 34 heavy (non-hydrogen) atoms. The lowest BCUT2D eigenvalue weighted by molar-refractivity contribution is -0.142. The number of amides is 3. The third kappa shape index (κ3) is 6.54. The van der Waals surface area contributed by atoms with Crippen LogP contribution in [0.2, 0.25) is 0 Å². The minimum atomic E-state index is -1.23. The molecule has 3 amide bonds. The van der Waals surface area contributed by atoms with Gasteiger partial charge in [-0.25, -0.2) is 9.78 Å². The number of likely N-dealkylation sites (tertiary alicyclic amines) is 1. The van der Waals surface area contributed by atoms with E-state index >= 15 is 0 Å². The Morgan fingerprint density at radius 3 is 2.59 bits per heavy atom. The van der Waals surface area contributed by atoms with Crippen LogP contribution in [0.3, 0.4) is 0 Å². The highest BCUT2D eigenvalue weighted by Gasteiger charge is 2.36. The van der Waals surface area contributed by atoms with E-state index in [9.17, 15) is 29.4 Å². The third-order valence-electron chi connectivity index (χ3n) is 5.58. The van der Waals surface area contributed by atoms with Gasteiger partial charge in [-0.3, -0.25) is 14.4 Å². The highest BCUT2D eigenvalue weighted by molar-refractivity contribution is 5.93. The van der Waals surface area contributed by atoms with Crippen LogP contribution in [-0.2, 0) is 32.0 Å². The van der Waals surface area contributed by atoms with E-state index in [4.69, 9.17) is 5.73 Å². The first kappa shape index (κ1) is 24.7. The average molecular weight is 473 g/mol. The maximum absolute atomic E-state index is 12.8. The maximum atomic E-state index is 12.8. The molecule has 1 aromatic carbocycles. The molecule has 3 unspecified atom stereocenters. The van der Waals surface area contributed by atoms with Crippen LogP contribution in [-0.4, -0.2) is 80.0 Å². The summed E-state index contributed by atoms with van der Waals surface area (Å²) in [4.78, 5) is 57.4. The summed E-state index contributed by atoms with van der Waals surface area (Å²) in [7, 11) is 0. The number of H-pyrrole nitrogens is 1. The molecule has 1 aliphatic rings. The van der Waals surface area contributed by atoms with Crippen LogP contribution in [0.25, 0.3) is 0 Å². The molecule has 0 aliphatic carbocycles. The number of aromatic nitrogens is 2. The molecule has 1 aromatic heterocycles. The number of phenols is 1. The molecule has 182 valence electrons. The zero-order valence-corrected chi connectivity index (χ0v) is 18.4. The van der Waals surface area contributed by atoms with E-state index in [2.05, 4.69) is 20.6 Å². The summed E-state index contributed by atoms with van der Waals surface area (Å²) < 4.78 is 0. The lowest BCUT2D eigenvalue weighted by Crippen LogP contribution is -2.53. The number of hydrogen-bond donors (Lipinski definition) is 6. The SMILES string of the molecule is NC(Cc1cnc[nH]1)C(=O)N1CCCC1C(=O)NCC(=O)NC(Cc1ccc(O)cc1)C(=O)O. The summed E-state index contributed by atoms with van der Waals surface area (Å²) in [5.74, 6) is -2.72. The lowest BCUT2D eigenvalue weighted by Gasteiger charge is -2.26. The molecule has 3 rings (SSSR count). The van der Waals surface area contributed by atoms with Crippen LogP contribution in [0.5, 0.6) is 5.75 Å². The minimum absolute atomic E-state index is 0.00836. The number of nitrogens with zero attached hydrogens (tertiary/aromatic N) is 2. The molecule has 7 N–H and O–H groups in total. The van der Waals surface area contributed by atoms with Crippen LogP contribution in [0, 0.1) is 0 Å². The first-order valence-corrected chi connectivity index (χ1v) is 10.9. The van der Waals surface area contributed by atoms with Crippen LogP contribution in [0.1, 0.15) is 24.1 Å². The highest BCUT2D eigenvalue weighted by Crippen LogP contribution is 2.19. The van der Waals surface area contributed by atoms with E-state index in [1.54, 1.807) is 18.3 Å². The Hall–Kier alpha value is -3.93. The van der Waals surface area contributed by atoms with Gasteiger partial charge >= 0.3 is 5.97 Å². The smallest absolute Gasteiger partial charge is 0.326 e. The summed E-state index contributed by atoms with van der Waals surface area (Å²) in [6.07, 6.45) is 4.39. The number of carboxylic acids is 1. The number of hydrogen-bond acceptors (Lipinski definition) is 7. The number of nitrogens with one attached hydrogen (secondary N) is 3. The van der Waals surface area contributed by atoms with E-state index in [1.807, 2.05) is 0 Å². The summed E-state index contributed by atoms with van der Waals surface area (Å²) in [5.41, 5.74) is 7.34. The van der Waals surface area contributed by atoms with Crippen molar-refractivity contribution >= 4 is 23.7 Å². The second-order valence-electron chi connectivity index (χ2n) is 8.12. The molecule has 3 atom stereocenters. The number of phenolic OH excluding ortho intramolecular Hbond substituents is 1. The van der Waals surface area contributed by atoms with Crippen molar-refractivity contribution in [1.29, 1.82) is 0 Å². The van der Waals surface area contributed by atoms with Gasteiger partial charge in [-0.1, -0.05) is 12.1 Å². The Morgan fingerprint density at radius 1 is 1.21 bits per heavy atom. The minimum Gasteiger partial charge on any atom is -0.508 e. The summed E-state index contributed by atoms with van der Waals surface area (Å²) in [6.45, 7) is -0.0512. The van der Waals surface area contributed by atoms with Gasteiger partial charge in [0.25, 0.3) is 0 Å². The van der Waals surface area contributed by atoms with Crippen molar-refractivity contribution in [2.45, 2.75) is 43.8 Å². The molecule has 1 fully saturated rings. The zero-order chi connectivity index (χ0) is 24.7. The molecular formula is C22H28N6O6. The Bertz CT molecular complexity index is 1010. The van der Waals surface area contributed by atoms with Crippen LogP contribution in [0.4, 0.5) is 0 Å². The fourth-order valence-corrected chi connectivity index (χ4v) is 3.83. The van der Waals surface area contributed by atoms with E-state index in [-0.39, 0.29) is 24.5 Å². The molecule has 0 bridgehead atoms. The van der Waals surface area contributed by atoms with Crippen molar-refractivity contribution in [3.05, 3.63) is 48.0 Å². The second kappa shape index (κ2) is 11.3. The maximum Gasteiger partial charge on any atom is 0.326 e. The first-order chi connectivity index (χ1) is 16.2. The number of carboxylic acid groups (broad SMARTS) is 1. The van der Waals surface area contributed by atoms with Gasteiger partial charge in [-0.05, 0) is 30.5 Å². The Morgan fingerprint density at radius 2 is 1.94 bits per heavy atom. The molecule has 12 nitrogen and oxygen atoms in total. The van der Waals surface area contributed by atoms with Crippen molar-refractivity contribution < 1.29 is 29.4 Å². The molecule has 1 aliphatic heterocycles. The van der Waals surface area contributed by atoms with Gasteiger partial charge < -0.3 is 36.5 Å². The first-order valence-electron chi connectivity index (χ1n) is 10.9. The lowest BCUT2D eigenvalue weighted by atomic mass is 10.1. The number of aromatic amines is 1. The molecule has 0 saturated carbocycles. The van der Waals surface area contributed by atoms with Crippen LogP contribution < -0.4 is 16.4 Å². The zero-order valence-electron chi connectivity index (χ0n) is 18.4. The van der Waals surface area contributed by atoms with Gasteiger partial charge in [0.15, 0.2) is 0 Å². The third-order valence-corrected chi connectivity index (χ3v) is 5.58. The van der Waals surface area contributed by atoms with E-state index in [1.165, 1.54) is 23.4 Å². The molecule has 1 saturated heterocycles. The molecule has 0 radical (unpaired) electrons. The number of carbonyl (C=O) groups is 4. The molecule has 12 heteroatoms. The molecule has 0 spiro atoms. The largest absolute Gasteiger partial charge is 0.508 e. The Balaban J connectivity index is 1.50. The quantitative estimate of drug-likeness (QED) is 0.251. The Kier molecular flexibility index (Phi) is 8.19. The van der Waals surface area contributed by atoms with E-state index in [0.29, 0.717) is 30.6 Å². The van der Waals surface area contributed by atoms with Gasteiger partial charge in [-0.2, -0.15) is 0 Å². The van der Waals surface area contributed by atoms with Crippen LogP contribution >= 0.6 is 0 Å². The van der Waals surface area contributed by atoms with Crippen molar-refractivity contribution in [2.24, 2.45) is 5.73 Å². The molecule has 2 heterocycles. The van der Waals surface area contributed by atoms with Crippen molar-refractivity contribution in [1.82, 2.24) is 25.5 Å². The average Bonchev–Trinajstić information content (AvgIpc) is 3.50. The summed E-state index contributed by atoms with van der Waals surface area (Å²) in [5, 5.41) is 23.6. The fourth-order valence-electron chi connectivity index (χ4n) is 3.83. The number of imidazole rings is 1. The van der Waals surface area contributed by atoms with Crippen LogP contribution in [0.15, 0.2) is 36.8 Å². The number of rotatable bonds is 10. The summed E-state index contributed by atoms with van der Waals surface area (Å²) >= 11 is 0. The Labute approximate surface area is 195 Å². The number of nitrogens with two attached hydrogens (primary N) is 1. The van der Waals surface area contributed by atoms with E-state index < -0.39 is 42.5 Å². The van der Waals surface area contributed by atoms with Gasteiger partial charge in [0.05, 0.1) is 18.9 Å². The predicted octanol–water partition coefficient (Wildman–Crippen LogP) is -1.10. The van der Waals surface area contributed by atoms with Gasteiger partial charge in [0.2, 0.25) is 17.7 Å². The standard InChI is InChI=1S/C22H28N6O6/c23-16(9-14-10-24-12-26-14)21(32)28-7-1-2-18(28)20(31)25-11-19(30)27-17(22(33)34)8-13-3-5-15(29)6-4-13/h3-6,10,12,16-18,29H,1-2,7-9,11,23H2,(H,24,26)(H,25,31)(H,27,30)(H,33,34). The normalized spacial score (nSPS) is 17.1. The van der Waals surface area contributed by atoms with Gasteiger partial charge in [-0.15, -0.1) is 0 Å². The second-order valence-corrected chi connectivity index (χ2v) is 8.12. The fraction of sp³-hybridized carbons (Fsp3) is 0.409. The number of benzene rings is 1. The van der Waals surface area contributed by atoms with Crippen molar-refractivity contribution in [3.63, 3.8) is 0 Å².